The van der Waals surface area contributed by atoms with Crippen molar-refractivity contribution in [1.29, 1.82) is 0 Å². The number of ether oxygens (including phenoxy) is 1. The lowest BCUT2D eigenvalue weighted by molar-refractivity contribution is -0.146. The Morgan fingerprint density at radius 2 is 2.18 bits per heavy atom. The zero-order valence-corrected chi connectivity index (χ0v) is 11.2. The molecule has 2 unspecified atom stereocenters. The van der Waals surface area contributed by atoms with E-state index in [1.54, 1.807) is 0 Å². The number of esters is 1. The van der Waals surface area contributed by atoms with Gasteiger partial charge in [0.2, 0.25) is 0 Å². The number of likely N-dealkylation sites (tertiary alicyclic amines) is 1. The van der Waals surface area contributed by atoms with Crippen LogP contribution in [0.5, 0.6) is 0 Å². The molecule has 0 amide bonds. The molecule has 1 aliphatic rings. The largest absolute Gasteiger partial charge is 0.468 e. The second-order valence-electron chi connectivity index (χ2n) is 4.43. The van der Waals surface area contributed by atoms with Gasteiger partial charge in [-0.25, -0.2) is 0 Å². The van der Waals surface area contributed by atoms with E-state index in [1.807, 2.05) is 0 Å². The van der Waals surface area contributed by atoms with Crippen molar-refractivity contribution in [2.75, 3.05) is 39.8 Å². The Balaban J connectivity index is 2.56. The molecule has 0 spiro atoms. The van der Waals surface area contributed by atoms with Gasteiger partial charge in [0.15, 0.2) is 0 Å². The third-order valence-electron chi connectivity index (χ3n) is 3.66. The molecular formula is C12H25N3O2. The Labute approximate surface area is 104 Å². The molecule has 1 saturated heterocycles. The second kappa shape index (κ2) is 6.93. The van der Waals surface area contributed by atoms with Crippen LogP contribution in [0.2, 0.25) is 0 Å². The van der Waals surface area contributed by atoms with Crippen LogP contribution in [0, 0.1) is 0 Å². The Morgan fingerprint density at radius 1 is 1.53 bits per heavy atom. The summed E-state index contributed by atoms with van der Waals surface area (Å²) in [5.74, 6) is -0.215. The molecule has 2 atom stereocenters. The van der Waals surface area contributed by atoms with Crippen LogP contribution in [0.3, 0.4) is 0 Å². The first-order valence-corrected chi connectivity index (χ1v) is 6.43. The summed E-state index contributed by atoms with van der Waals surface area (Å²) in [6.07, 6.45) is 1.11. The van der Waals surface area contributed by atoms with E-state index in [0.717, 1.165) is 32.6 Å². The second-order valence-corrected chi connectivity index (χ2v) is 4.43. The van der Waals surface area contributed by atoms with Crippen LogP contribution in [0.1, 0.15) is 20.3 Å². The van der Waals surface area contributed by atoms with Crippen LogP contribution in [0.15, 0.2) is 0 Å². The summed E-state index contributed by atoms with van der Waals surface area (Å²) in [4.78, 5) is 16.2. The number of nitrogens with two attached hydrogens (primary N) is 1. The molecule has 1 fully saturated rings. The summed E-state index contributed by atoms with van der Waals surface area (Å²) in [6.45, 7) is 8.63. The SMILES string of the molecule is CCN(CC)C1CCN(C(CN)C(=O)OC)C1. The third-order valence-corrected chi connectivity index (χ3v) is 3.66. The van der Waals surface area contributed by atoms with Crippen molar-refractivity contribution in [3.8, 4) is 0 Å². The van der Waals surface area contributed by atoms with E-state index >= 15 is 0 Å². The maximum atomic E-state index is 11.6. The molecule has 0 bridgehead atoms. The van der Waals surface area contributed by atoms with E-state index in [4.69, 9.17) is 10.5 Å². The van der Waals surface area contributed by atoms with Gasteiger partial charge in [-0.15, -0.1) is 0 Å². The highest BCUT2D eigenvalue weighted by molar-refractivity contribution is 5.76. The van der Waals surface area contributed by atoms with E-state index in [0.29, 0.717) is 12.6 Å². The molecule has 2 N–H and O–H groups in total. The summed E-state index contributed by atoms with van der Waals surface area (Å²) < 4.78 is 4.79. The standard InChI is InChI=1S/C12H25N3O2/c1-4-14(5-2)10-6-7-15(9-10)11(8-13)12(16)17-3/h10-11H,4-9,13H2,1-3H3. The van der Waals surface area contributed by atoms with Gasteiger partial charge in [0, 0.05) is 25.7 Å². The number of carbonyl (C=O) groups excluding carboxylic acids is 1. The van der Waals surface area contributed by atoms with Crippen LogP contribution >= 0.6 is 0 Å². The van der Waals surface area contributed by atoms with E-state index in [9.17, 15) is 4.79 Å². The van der Waals surface area contributed by atoms with Gasteiger partial charge in [-0.3, -0.25) is 14.6 Å². The van der Waals surface area contributed by atoms with Crippen molar-refractivity contribution >= 4 is 5.97 Å². The smallest absolute Gasteiger partial charge is 0.324 e. The van der Waals surface area contributed by atoms with Crippen LogP contribution in [-0.2, 0) is 9.53 Å². The lowest BCUT2D eigenvalue weighted by atomic mass is 10.2. The average molecular weight is 243 g/mol. The molecule has 0 radical (unpaired) electrons. The summed E-state index contributed by atoms with van der Waals surface area (Å²) in [5, 5.41) is 0. The van der Waals surface area contributed by atoms with Gasteiger partial charge in [-0.1, -0.05) is 13.8 Å². The van der Waals surface area contributed by atoms with Crippen molar-refractivity contribution < 1.29 is 9.53 Å². The first-order valence-electron chi connectivity index (χ1n) is 6.43. The summed E-state index contributed by atoms with van der Waals surface area (Å²) in [5.41, 5.74) is 5.66. The fourth-order valence-electron chi connectivity index (χ4n) is 2.62. The predicted octanol–water partition coefficient (Wildman–Crippen LogP) is -0.0972. The predicted molar refractivity (Wildman–Crippen MR) is 67.8 cm³/mol. The van der Waals surface area contributed by atoms with E-state index in [1.165, 1.54) is 7.11 Å². The normalized spacial score (nSPS) is 23.0. The van der Waals surface area contributed by atoms with Gasteiger partial charge in [0.25, 0.3) is 0 Å². The van der Waals surface area contributed by atoms with Crippen molar-refractivity contribution in [2.45, 2.75) is 32.4 Å². The van der Waals surface area contributed by atoms with E-state index in [-0.39, 0.29) is 12.0 Å². The van der Waals surface area contributed by atoms with Crippen LogP contribution in [-0.4, -0.2) is 67.7 Å². The highest BCUT2D eigenvalue weighted by atomic mass is 16.5. The zero-order chi connectivity index (χ0) is 12.8. The van der Waals surface area contributed by atoms with Gasteiger partial charge in [-0.05, 0) is 19.5 Å². The van der Waals surface area contributed by atoms with Gasteiger partial charge in [-0.2, -0.15) is 0 Å². The molecule has 1 rings (SSSR count). The third kappa shape index (κ3) is 3.40. The number of methoxy groups -OCH3 is 1. The Hall–Kier alpha value is -0.650. The maximum Gasteiger partial charge on any atom is 0.324 e. The molecule has 0 aromatic heterocycles. The number of rotatable bonds is 6. The fraction of sp³-hybridized carbons (Fsp3) is 0.917. The number of nitrogens with zero attached hydrogens (tertiary/aromatic N) is 2. The van der Waals surface area contributed by atoms with Crippen LogP contribution in [0.4, 0.5) is 0 Å². The minimum Gasteiger partial charge on any atom is -0.468 e. The monoisotopic (exact) mass is 243 g/mol. The Kier molecular flexibility index (Phi) is 5.88. The molecule has 0 aliphatic carbocycles. The molecule has 100 valence electrons. The minimum atomic E-state index is -0.277. The summed E-state index contributed by atoms with van der Waals surface area (Å²) in [6, 6.07) is 0.268. The molecule has 0 saturated carbocycles. The van der Waals surface area contributed by atoms with Crippen LogP contribution < -0.4 is 5.73 Å². The quantitative estimate of drug-likeness (QED) is 0.660. The molecule has 1 aliphatic heterocycles. The van der Waals surface area contributed by atoms with Crippen molar-refractivity contribution in [3.63, 3.8) is 0 Å². The molecule has 0 aromatic rings. The molecule has 0 aromatic carbocycles. The van der Waals surface area contributed by atoms with Crippen molar-refractivity contribution in [3.05, 3.63) is 0 Å². The number of likely N-dealkylation sites (N-methyl/N-ethyl adjacent to an activating group) is 1. The lowest BCUT2D eigenvalue weighted by Crippen LogP contribution is -2.47. The highest BCUT2D eigenvalue weighted by Gasteiger charge is 2.33. The molecule has 1 heterocycles. The Morgan fingerprint density at radius 3 is 2.65 bits per heavy atom. The van der Waals surface area contributed by atoms with Gasteiger partial charge in [0.05, 0.1) is 7.11 Å². The topological polar surface area (TPSA) is 58.8 Å². The first kappa shape index (κ1) is 14.4. The van der Waals surface area contributed by atoms with Gasteiger partial charge >= 0.3 is 5.97 Å². The number of hydrogen-bond donors (Lipinski definition) is 1. The lowest BCUT2D eigenvalue weighted by Gasteiger charge is -2.28. The molecule has 5 heteroatoms. The minimum absolute atomic E-state index is 0.215. The number of carbonyl (C=O) groups is 1. The Bertz CT molecular complexity index is 244. The summed E-state index contributed by atoms with van der Waals surface area (Å²) in [7, 11) is 1.42. The van der Waals surface area contributed by atoms with E-state index < -0.39 is 0 Å². The molecule has 17 heavy (non-hydrogen) atoms. The highest BCUT2D eigenvalue weighted by Crippen LogP contribution is 2.18. The number of hydrogen-bond acceptors (Lipinski definition) is 5. The van der Waals surface area contributed by atoms with Gasteiger partial charge in [0.1, 0.15) is 6.04 Å². The summed E-state index contributed by atoms with van der Waals surface area (Å²) >= 11 is 0. The first-order chi connectivity index (χ1) is 8.17. The maximum absolute atomic E-state index is 11.6. The zero-order valence-electron chi connectivity index (χ0n) is 11.2. The van der Waals surface area contributed by atoms with E-state index in [2.05, 4.69) is 23.6 Å². The molecule has 5 nitrogen and oxygen atoms in total. The van der Waals surface area contributed by atoms with Gasteiger partial charge < -0.3 is 10.5 Å². The average Bonchev–Trinajstić information content (AvgIpc) is 2.81. The fourth-order valence-corrected chi connectivity index (χ4v) is 2.62. The van der Waals surface area contributed by atoms with Crippen molar-refractivity contribution in [2.24, 2.45) is 5.73 Å². The van der Waals surface area contributed by atoms with Crippen LogP contribution in [0.25, 0.3) is 0 Å². The molecular weight excluding hydrogens is 218 g/mol. The van der Waals surface area contributed by atoms with Crippen molar-refractivity contribution in [1.82, 2.24) is 9.80 Å².